The van der Waals surface area contributed by atoms with Gasteiger partial charge < -0.3 is 5.32 Å². The minimum atomic E-state index is -0.0676. The predicted molar refractivity (Wildman–Crippen MR) is 112 cm³/mol. The number of halogens is 4. The summed E-state index contributed by atoms with van der Waals surface area (Å²) in [5, 5.41) is 3.00. The smallest absolute Gasteiger partial charge is 0.256 e. The molecule has 2 aromatic rings. The van der Waals surface area contributed by atoms with E-state index in [0.717, 1.165) is 16.4 Å². The Hall–Kier alpha value is 0.830. The van der Waals surface area contributed by atoms with Crippen molar-refractivity contribution in [1.29, 1.82) is 0 Å². The lowest BCUT2D eigenvalue weighted by Gasteiger charge is -2.11. The Morgan fingerprint density at radius 2 is 1.47 bits per heavy atom. The van der Waals surface area contributed by atoms with Gasteiger partial charge in [-0.1, -0.05) is 12.1 Å². The van der Waals surface area contributed by atoms with Crippen molar-refractivity contribution in [1.82, 2.24) is 0 Å². The van der Waals surface area contributed by atoms with Crippen LogP contribution in [0, 0.1) is 14.3 Å². The van der Waals surface area contributed by atoms with Crippen molar-refractivity contribution in [2.45, 2.75) is 0 Å². The third-order valence-corrected chi connectivity index (χ3v) is 5.63. The van der Waals surface area contributed by atoms with Gasteiger partial charge in [-0.15, -0.1) is 0 Å². The second-order valence-corrected chi connectivity index (χ2v) is 8.41. The number of amides is 1. The zero-order chi connectivity index (χ0) is 14.0. The van der Waals surface area contributed by atoms with E-state index in [-0.39, 0.29) is 5.91 Å². The van der Waals surface area contributed by atoms with Crippen molar-refractivity contribution in [3.8, 4) is 0 Å². The highest BCUT2D eigenvalue weighted by atomic mass is 127. The Labute approximate surface area is 166 Å². The molecule has 2 aromatic carbocycles. The summed E-state index contributed by atoms with van der Waals surface area (Å²) in [4.78, 5) is 12.3. The number of rotatable bonds is 2. The number of anilines is 1. The average molecular weight is 701 g/mol. The van der Waals surface area contributed by atoms with Crippen LogP contribution in [0.25, 0.3) is 0 Å². The van der Waals surface area contributed by atoms with E-state index in [1.165, 1.54) is 3.57 Å². The molecular formula is C13H7I4NO. The van der Waals surface area contributed by atoms with Gasteiger partial charge in [0.25, 0.3) is 5.91 Å². The molecule has 0 aromatic heterocycles. The van der Waals surface area contributed by atoms with Crippen LogP contribution in [0.5, 0.6) is 0 Å². The van der Waals surface area contributed by atoms with E-state index in [1.54, 1.807) is 0 Å². The Bertz CT molecular complexity index is 619. The molecule has 1 amide bonds. The molecule has 0 aliphatic carbocycles. The van der Waals surface area contributed by atoms with Gasteiger partial charge in [-0.2, -0.15) is 0 Å². The molecule has 98 valence electrons. The molecule has 0 atom stereocenters. The number of carbonyl (C=O) groups excluding carboxylic acids is 1. The first-order valence-electron chi connectivity index (χ1n) is 5.19. The topological polar surface area (TPSA) is 29.1 Å². The maximum Gasteiger partial charge on any atom is 0.256 e. The maximum atomic E-state index is 12.3. The molecule has 0 aliphatic rings. The summed E-state index contributed by atoms with van der Waals surface area (Å²) in [6, 6.07) is 11.7. The summed E-state index contributed by atoms with van der Waals surface area (Å²) in [5.41, 5.74) is 1.58. The molecular weight excluding hydrogens is 694 g/mol. The van der Waals surface area contributed by atoms with Crippen LogP contribution in [0.15, 0.2) is 36.4 Å². The molecule has 0 saturated heterocycles. The second-order valence-electron chi connectivity index (χ2n) is 3.68. The van der Waals surface area contributed by atoms with Crippen LogP contribution in [-0.2, 0) is 0 Å². The van der Waals surface area contributed by atoms with Gasteiger partial charge in [0.2, 0.25) is 0 Å². The fourth-order valence-electron chi connectivity index (χ4n) is 1.49. The Morgan fingerprint density at radius 1 is 0.895 bits per heavy atom. The Kier molecular flexibility index (Phi) is 6.14. The summed E-state index contributed by atoms with van der Waals surface area (Å²) < 4.78 is 4.22. The fraction of sp³-hybridized carbons (Fsp3) is 0. The number of nitrogens with one attached hydrogen (secondary N) is 1. The predicted octanol–water partition coefficient (Wildman–Crippen LogP) is 5.36. The van der Waals surface area contributed by atoms with Crippen molar-refractivity contribution in [3.63, 3.8) is 0 Å². The van der Waals surface area contributed by atoms with Crippen LogP contribution in [0.4, 0.5) is 5.69 Å². The van der Waals surface area contributed by atoms with E-state index in [4.69, 9.17) is 0 Å². The summed E-state index contributed by atoms with van der Waals surface area (Å²) in [6.45, 7) is 0. The number of carbonyl (C=O) groups is 1. The van der Waals surface area contributed by atoms with E-state index in [9.17, 15) is 4.79 Å². The number of benzene rings is 2. The van der Waals surface area contributed by atoms with Crippen molar-refractivity contribution in [2.24, 2.45) is 0 Å². The normalized spacial score (nSPS) is 10.3. The molecule has 0 unspecified atom stereocenters. The zero-order valence-corrected chi connectivity index (χ0v) is 18.0. The van der Waals surface area contributed by atoms with Crippen LogP contribution in [0.1, 0.15) is 10.4 Å². The number of hydrogen-bond acceptors (Lipinski definition) is 1. The number of hydrogen-bond donors (Lipinski definition) is 1. The van der Waals surface area contributed by atoms with Crippen LogP contribution in [0.3, 0.4) is 0 Å². The molecule has 0 saturated carbocycles. The highest BCUT2D eigenvalue weighted by Crippen LogP contribution is 2.28. The quantitative estimate of drug-likeness (QED) is 0.421. The standard InChI is InChI=1S/C13H7I4NO/c14-7-5-10(16)12(11(17)6-7)18-13(19)8-3-1-2-4-9(8)15/h1-6H,(H,18,19). The first-order valence-corrected chi connectivity index (χ1v) is 9.51. The molecule has 0 heterocycles. The van der Waals surface area contributed by atoms with E-state index in [0.29, 0.717) is 5.56 Å². The fourth-order valence-corrected chi connectivity index (χ4v) is 5.97. The van der Waals surface area contributed by atoms with Crippen LogP contribution in [-0.4, -0.2) is 5.91 Å². The first-order chi connectivity index (χ1) is 8.99. The molecule has 2 rings (SSSR count). The summed E-state index contributed by atoms with van der Waals surface area (Å²) in [6.07, 6.45) is 0. The van der Waals surface area contributed by atoms with Crippen molar-refractivity contribution in [3.05, 3.63) is 56.2 Å². The van der Waals surface area contributed by atoms with Gasteiger partial charge in [0.15, 0.2) is 0 Å². The molecule has 0 bridgehead atoms. The van der Waals surface area contributed by atoms with Crippen molar-refractivity contribution in [2.75, 3.05) is 5.32 Å². The van der Waals surface area contributed by atoms with Crippen molar-refractivity contribution >= 4 is 102 Å². The van der Waals surface area contributed by atoms with Gasteiger partial charge in [0, 0.05) is 14.3 Å². The molecule has 0 spiro atoms. The Balaban J connectivity index is 2.32. The minimum absolute atomic E-state index is 0.0676. The second kappa shape index (κ2) is 7.20. The van der Waals surface area contributed by atoms with E-state index in [2.05, 4.69) is 108 Å². The Morgan fingerprint density at radius 3 is 2.05 bits per heavy atom. The summed E-state index contributed by atoms with van der Waals surface area (Å²) in [5.74, 6) is -0.0676. The van der Waals surface area contributed by atoms with Gasteiger partial charge in [-0.05, 0) is 115 Å². The van der Waals surface area contributed by atoms with Gasteiger partial charge >= 0.3 is 0 Å². The zero-order valence-electron chi connectivity index (χ0n) is 9.38. The lowest BCUT2D eigenvalue weighted by molar-refractivity contribution is 0.102. The molecule has 2 nitrogen and oxygen atoms in total. The van der Waals surface area contributed by atoms with Gasteiger partial charge in [-0.25, -0.2) is 0 Å². The minimum Gasteiger partial charge on any atom is -0.320 e. The monoisotopic (exact) mass is 701 g/mol. The van der Waals surface area contributed by atoms with Gasteiger partial charge in [-0.3, -0.25) is 4.79 Å². The summed E-state index contributed by atoms with van der Waals surface area (Å²) >= 11 is 8.94. The van der Waals surface area contributed by atoms with Gasteiger partial charge in [0.1, 0.15) is 0 Å². The molecule has 6 heteroatoms. The highest BCUT2D eigenvalue weighted by Gasteiger charge is 2.13. The third-order valence-electron chi connectivity index (χ3n) is 2.36. The average Bonchev–Trinajstić information content (AvgIpc) is 2.34. The molecule has 1 N–H and O–H groups in total. The van der Waals surface area contributed by atoms with E-state index < -0.39 is 0 Å². The van der Waals surface area contributed by atoms with E-state index in [1.807, 2.05) is 24.3 Å². The molecule has 0 fully saturated rings. The molecule has 0 aliphatic heterocycles. The van der Waals surface area contributed by atoms with Crippen LogP contribution in [0.2, 0.25) is 0 Å². The molecule has 19 heavy (non-hydrogen) atoms. The lowest BCUT2D eigenvalue weighted by Crippen LogP contribution is -2.15. The van der Waals surface area contributed by atoms with Gasteiger partial charge in [0.05, 0.1) is 11.3 Å². The highest BCUT2D eigenvalue weighted by molar-refractivity contribution is 14.1. The first kappa shape index (κ1) is 16.2. The summed E-state index contributed by atoms with van der Waals surface area (Å²) in [7, 11) is 0. The lowest BCUT2D eigenvalue weighted by atomic mass is 10.2. The van der Waals surface area contributed by atoms with Crippen LogP contribution < -0.4 is 5.32 Å². The SMILES string of the molecule is O=C(Nc1c(I)cc(I)cc1I)c1ccccc1I. The largest absolute Gasteiger partial charge is 0.320 e. The third kappa shape index (κ3) is 4.15. The maximum absolute atomic E-state index is 12.3. The molecule has 0 radical (unpaired) electrons. The van der Waals surface area contributed by atoms with Crippen LogP contribution >= 0.6 is 90.4 Å². The van der Waals surface area contributed by atoms with Crippen molar-refractivity contribution < 1.29 is 4.79 Å². The van der Waals surface area contributed by atoms with E-state index >= 15 is 0 Å².